The van der Waals surface area contributed by atoms with Gasteiger partial charge in [0.1, 0.15) is 0 Å². The second kappa shape index (κ2) is 4.30. The van der Waals surface area contributed by atoms with E-state index in [0.29, 0.717) is 0 Å². The minimum absolute atomic E-state index is 0.963. The van der Waals surface area contributed by atoms with Crippen molar-refractivity contribution in [2.24, 2.45) is 11.8 Å². The number of rotatable bonds is 1. The summed E-state index contributed by atoms with van der Waals surface area (Å²) in [5.41, 5.74) is 1.81. The molecule has 0 amide bonds. The minimum Gasteiger partial charge on any atom is -0.0850 e. The molecular formula is C13H22. The first-order valence-corrected chi connectivity index (χ1v) is 6.07. The van der Waals surface area contributed by atoms with E-state index in [1.165, 1.54) is 51.4 Å². The van der Waals surface area contributed by atoms with Crippen molar-refractivity contribution in [1.29, 1.82) is 0 Å². The van der Waals surface area contributed by atoms with Crippen LogP contribution >= 0.6 is 0 Å². The normalized spacial score (nSPS) is 35.6. The smallest absolute Gasteiger partial charge is 0.0178 e. The van der Waals surface area contributed by atoms with Crippen LogP contribution in [-0.2, 0) is 0 Å². The Hall–Kier alpha value is -0.260. The van der Waals surface area contributed by atoms with E-state index < -0.39 is 0 Å². The average molecular weight is 178 g/mol. The molecule has 0 spiro atoms. The van der Waals surface area contributed by atoms with Gasteiger partial charge in [-0.1, -0.05) is 44.3 Å². The van der Waals surface area contributed by atoms with Crippen molar-refractivity contribution in [3.63, 3.8) is 0 Å². The molecule has 1 fully saturated rings. The second-order valence-electron chi connectivity index (χ2n) is 4.89. The van der Waals surface area contributed by atoms with Crippen molar-refractivity contribution < 1.29 is 0 Å². The van der Waals surface area contributed by atoms with Crippen molar-refractivity contribution in [2.75, 3.05) is 0 Å². The van der Waals surface area contributed by atoms with Crippen LogP contribution in [0.3, 0.4) is 0 Å². The summed E-state index contributed by atoms with van der Waals surface area (Å²) in [6, 6.07) is 0. The van der Waals surface area contributed by atoms with Gasteiger partial charge in [0.15, 0.2) is 0 Å². The third-order valence-electron chi connectivity index (χ3n) is 3.91. The zero-order valence-electron chi connectivity index (χ0n) is 8.89. The SMILES string of the molecule is CC1CCCCCC1C1=CCCC1. The van der Waals surface area contributed by atoms with Crippen molar-refractivity contribution in [3.05, 3.63) is 11.6 Å². The largest absolute Gasteiger partial charge is 0.0850 e. The van der Waals surface area contributed by atoms with E-state index >= 15 is 0 Å². The molecule has 0 aromatic rings. The maximum absolute atomic E-state index is 2.53. The zero-order chi connectivity index (χ0) is 9.10. The standard InChI is InChI=1S/C13H22/c1-11-7-3-2-4-10-13(11)12-8-5-6-9-12/h8,11,13H,2-7,9-10H2,1H3. The highest BCUT2D eigenvalue weighted by Crippen LogP contribution is 2.37. The summed E-state index contributed by atoms with van der Waals surface area (Å²) in [6.45, 7) is 2.47. The molecule has 1 saturated carbocycles. The van der Waals surface area contributed by atoms with Gasteiger partial charge >= 0.3 is 0 Å². The molecule has 0 radical (unpaired) electrons. The molecule has 0 heteroatoms. The van der Waals surface area contributed by atoms with Gasteiger partial charge < -0.3 is 0 Å². The van der Waals surface area contributed by atoms with Gasteiger partial charge in [0.05, 0.1) is 0 Å². The molecule has 2 atom stereocenters. The molecule has 0 nitrogen and oxygen atoms in total. The second-order valence-corrected chi connectivity index (χ2v) is 4.89. The molecule has 0 bridgehead atoms. The Balaban J connectivity index is 2.01. The molecular weight excluding hydrogens is 156 g/mol. The van der Waals surface area contributed by atoms with Crippen molar-refractivity contribution in [3.8, 4) is 0 Å². The van der Waals surface area contributed by atoms with Crippen LogP contribution in [0.15, 0.2) is 11.6 Å². The van der Waals surface area contributed by atoms with Crippen LogP contribution in [0.25, 0.3) is 0 Å². The van der Waals surface area contributed by atoms with Gasteiger partial charge in [-0.15, -0.1) is 0 Å². The van der Waals surface area contributed by atoms with Crippen LogP contribution < -0.4 is 0 Å². The Kier molecular flexibility index (Phi) is 3.08. The van der Waals surface area contributed by atoms with Crippen LogP contribution in [0.4, 0.5) is 0 Å². The molecule has 0 aromatic heterocycles. The number of allylic oxidation sites excluding steroid dienone is 2. The number of hydrogen-bond donors (Lipinski definition) is 0. The maximum atomic E-state index is 2.53. The van der Waals surface area contributed by atoms with Gasteiger partial charge in [-0.3, -0.25) is 0 Å². The van der Waals surface area contributed by atoms with E-state index in [0.717, 1.165) is 11.8 Å². The Morgan fingerprint density at radius 2 is 1.92 bits per heavy atom. The van der Waals surface area contributed by atoms with Crippen molar-refractivity contribution >= 4 is 0 Å². The Labute approximate surface area is 82.4 Å². The maximum Gasteiger partial charge on any atom is -0.0178 e. The predicted molar refractivity (Wildman–Crippen MR) is 57.7 cm³/mol. The number of hydrogen-bond acceptors (Lipinski definition) is 0. The fraction of sp³-hybridized carbons (Fsp3) is 0.846. The molecule has 0 saturated heterocycles. The predicted octanol–water partition coefficient (Wildman–Crippen LogP) is 4.31. The molecule has 2 unspecified atom stereocenters. The third kappa shape index (κ3) is 2.15. The molecule has 0 heterocycles. The first kappa shape index (κ1) is 9.30. The van der Waals surface area contributed by atoms with Gasteiger partial charge in [-0.05, 0) is 37.5 Å². The highest BCUT2D eigenvalue weighted by molar-refractivity contribution is 5.12. The highest BCUT2D eigenvalue weighted by Gasteiger charge is 2.24. The third-order valence-corrected chi connectivity index (χ3v) is 3.91. The summed E-state index contributed by atoms with van der Waals surface area (Å²) in [5.74, 6) is 1.93. The zero-order valence-corrected chi connectivity index (χ0v) is 8.89. The van der Waals surface area contributed by atoms with Gasteiger partial charge in [0.25, 0.3) is 0 Å². The molecule has 74 valence electrons. The van der Waals surface area contributed by atoms with Gasteiger partial charge in [-0.25, -0.2) is 0 Å². The first-order chi connectivity index (χ1) is 6.38. The average Bonchev–Trinajstić information content (AvgIpc) is 2.56. The summed E-state index contributed by atoms with van der Waals surface area (Å²) >= 11 is 0. The Morgan fingerprint density at radius 1 is 1.08 bits per heavy atom. The lowest BCUT2D eigenvalue weighted by Crippen LogP contribution is -2.11. The monoisotopic (exact) mass is 178 g/mol. The van der Waals surface area contributed by atoms with Crippen molar-refractivity contribution in [1.82, 2.24) is 0 Å². The lowest BCUT2D eigenvalue weighted by Gasteiger charge is -2.22. The topological polar surface area (TPSA) is 0 Å². The van der Waals surface area contributed by atoms with E-state index in [2.05, 4.69) is 13.0 Å². The van der Waals surface area contributed by atoms with E-state index in [1.54, 1.807) is 0 Å². The van der Waals surface area contributed by atoms with E-state index in [-0.39, 0.29) is 0 Å². The van der Waals surface area contributed by atoms with Crippen LogP contribution in [-0.4, -0.2) is 0 Å². The van der Waals surface area contributed by atoms with Crippen LogP contribution in [0.1, 0.15) is 58.3 Å². The molecule has 2 aliphatic rings. The highest BCUT2D eigenvalue weighted by atomic mass is 14.3. The van der Waals surface area contributed by atoms with Crippen LogP contribution in [0.5, 0.6) is 0 Å². The summed E-state index contributed by atoms with van der Waals surface area (Å²) in [6.07, 6.45) is 14.1. The summed E-state index contributed by atoms with van der Waals surface area (Å²) in [5, 5.41) is 0. The summed E-state index contributed by atoms with van der Waals surface area (Å²) < 4.78 is 0. The first-order valence-electron chi connectivity index (χ1n) is 6.07. The lowest BCUT2D eigenvalue weighted by molar-refractivity contribution is 0.381. The molecule has 0 aromatic carbocycles. The van der Waals surface area contributed by atoms with Gasteiger partial charge in [0, 0.05) is 0 Å². The van der Waals surface area contributed by atoms with E-state index in [4.69, 9.17) is 0 Å². The minimum atomic E-state index is 0.963. The fourth-order valence-corrected chi connectivity index (χ4v) is 3.08. The Morgan fingerprint density at radius 3 is 2.69 bits per heavy atom. The van der Waals surface area contributed by atoms with E-state index in [1.807, 2.05) is 5.57 Å². The lowest BCUT2D eigenvalue weighted by atomic mass is 9.83. The molecule has 0 aliphatic heterocycles. The van der Waals surface area contributed by atoms with Crippen molar-refractivity contribution in [2.45, 2.75) is 58.3 Å². The molecule has 13 heavy (non-hydrogen) atoms. The molecule has 0 N–H and O–H groups in total. The quantitative estimate of drug-likeness (QED) is 0.414. The summed E-state index contributed by atoms with van der Waals surface area (Å²) in [7, 11) is 0. The Bertz CT molecular complexity index is 190. The summed E-state index contributed by atoms with van der Waals surface area (Å²) in [4.78, 5) is 0. The van der Waals surface area contributed by atoms with Gasteiger partial charge in [-0.2, -0.15) is 0 Å². The fourth-order valence-electron chi connectivity index (χ4n) is 3.08. The molecule has 2 aliphatic carbocycles. The van der Waals surface area contributed by atoms with Crippen LogP contribution in [0, 0.1) is 11.8 Å². The van der Waals surface area contributed by atoms with E-state index in [9.17, 15) is 0 Å². The molecule has 2 rings (SSSR count). The van der Waals surface area contributed by atoms with Gasteiger partial charge in [0.2, 0.25) is 0 Å². The van der Waals surface area contributed by atoms with Crippen LogP contribution in [0.2, 0.25) is 0 Å².